The maximum Gasteiger partial charge on any atom is 0.258 e. The van der Waals surface area contributed by atoms with E-state index in [2.05, 4.69) is 67.2 Å². The van der Waals surface area contributed by atoms with Crippen molar-refractivity contribution in [3.63, 3.8) is 0 Å². The van der Waals surface area contributed by atoms with Gasteiger partial charge >= 0.3 is 0 Å². The number of aromatic nitrogens is 5. The predicted molar refractivity (Wildman–Crippen MR) is 140 cm³/mol. The molecule has 182 valence electrons. The third-order valence-electron chi connectivity index (χ3n) is 6.58. The van der Waals surface area contributed by atoms with E-state index in [0.29, 0.717) is 17.0 Å². The van der Waals surface area contributed by atoms with Crippen molar-refractivity contribution in [1.82, 2.24) is 29.3 Å². The normalized spacial score (nSPS) is 17.1. The van der Waals surface area contributed by atoms with Crippen molar-refractivity contribution < 1.29 is 0 Å². The molecule has 0 radical (unpaired) electrons. The number of hydrogen-bond donors (Lipinski definition) is 1. The molecule has 0 spiro atoms. The van der Waals surface area contributed by atoms with Gasteiger partial charge in [-0.05, 0) is 72.2 Å². The van der Waals surface area contributed by atoms with Crippen molar-refractivity contribution in [3.8, 4) is 11.4 Å². The van der Waals surface area contributed by atoms with Crippen LogP contribution < -0.4 is 15.8 Å². The van der Waals surface area contributed by atoms with E-state index in [4.69, 9.17) is 4.98 Å². The lowest BCUT2D eigenvalue weighted by molar-refractivity contribution is 0.281. The third-order valence-corrected chi connectivity index (χ3v) is 6.58. The second kappa shape index (κ2) is 7.75. The molecule has 0 atom stereocenters. The quantitative estimate of drug-likeness (QED) is 0.482. The Bertz CT molecular complexity index is 1570. The molecule has 1 aliphatic heterocycles. The average Bonchev–Trinajstić information content (AvgIpc) is 3.16. The smallest absolute Gasteiger partial charge is 0.258 e. The Morgan fingerprint density at radius 3 is 2.46 bits per heavy atom. The van der Waals surface area contributed by atoms with Crippen LogP contribution in [0.15, 0.2) is 47.2 Å². The molecule has 0 saturated carbocycles. The van der Waals surface area contributed by atoms with Gasteiger partial charge in [-0.15, -0.1) is 0 Å². The average molecular weight is 472 g/mol. The van der Waals surface area contributed by atoms with Crippen LogP contribution in [0.5, 0.6) is 0 Å². The fourth-order valence-electron chi connectivity index (χ4n) is 5.33. The number of pyridine rings is 1. The van der Waals surface area contributed by atoms with Gasteiger partial charge in [0.1, 0.15) is 11.3 Å². The highest BCUT2D eigenvalue weighted by Crippen LogP contribution is 2.32. The van der Waals surface area contributed by atoms with Gasteiger partial charge in [-0.2, -0.15) is 5.10 Å². The Labute approximate surface area is 205 Å². The molecule has 4 aromatic rings. The first-order chi connectivity index (χ1) is 16.3. The summed E-state index contributed by atoms with van der Waals surface area (Å²) in [6.07, 6.45) is 6.91. The topological polar surface area (TPSA) is 79.8 Å². The molecule has 1 N–H and O–H groups in total. The van der Waals surface area contributed by atoms with Crippen LogP contribution in [0.1, 0.15) is 51.1 Å². The summed E-state index contributed by atoms with van der Waals surface area (Å²) in [6, 6.07) is 5.59. The zero-order valence-corrected chi connectivity index (χ0v) is 21.8. The van der Waals surface area contributed by atoms with Crippen LogP contribution in [0.3, 0.4) is 0 Å². The monoisotopic (exact) mass is 471 g/mol. The molecule has 0 fully saturated rings. The molecule has 4 aromatic heterocycles. The van der Waals surface area contributed by atoms with Crippen molar-refractivity contribution in [2.45, 2.75) is 66.0 Å². The lowest BCUT2D eigenvalue weighted by Gasteiger charge is -2.43. The largest absolute Gasteiger partial charge is 0.347 e. The first kappa shape index (κ1) is 23.2. The van der Waals surface area contributed by atoms with Crippen molar-refractivity contribution in [2.24, 2.45) is 0 Å². The van der Waals surface area contributed by atoms with Gasteiger partial charge in [0.15, 0.2) is 0 Å². The highest BCUT2D eigenvalue weighted by molar-refractivity contribution is 5.68. The van der Waals surface area contributed by atoms with Gasteiger partial charge in [-0.1, -0.05) is 0 Å². The Morgan fingerprint density at radius 2 is 1.74 bits per heavy atom. The lowest BCUT2D eigenvalue weighted by atomic mass is 9.86. The minimum Gasteiger partial charge on any atom is -0.347 e. The zero-order valence-electron chi connectivity index (χ0n) is 21.8. The van der Waals surface area contributed by atoms with E-state index in [9.17, 15) is 4.79 Å². The molecule has 5 rings (SSSR count). The Balaban J connectivity index is 1.59. The number of anilines is 1. The van der Waals surface area contributed by atoms with Crippen LogP contribution in [-0.2, 0) is 0 Å². The summed E-state index contributed by atoms with van der Waals surface area (Å²) >= 11 is 0. The summed E-state index contributed by atoms with van der Waals surface area (Å²) in [7, 11) is 2.06. The second-order valence-electron chi connectivity index (χ2n) is 11.0. The molecule has 0 amide bonds. The first-order valence-corrected chi connectivity index (χ1v) is 11.9. The molecule has 0 saturated heterocycles. The van der Waals surface area contributed by atoms with Gasteiger partial charge in [-0.3, -0.25) is 14.2 Å². The molecular weight excluding hydrogens is 438 g/mol. The fraction of sp³-hybridized carbons (Fsp3) is 0.407. The summed E-state index contributed by atoms with van der Waals surface area (Å²) in [4.78, 5) is 24.8. The van der Waals surface area contributed by atoms with E-state index < -0.39 is 0 Å². The predicted octanol–water partition coefficient (Wildman–Crippen LogP) is 4.20. The maximum absolute atomic E-state index is 13.3. The minimum absolute atomic E-state index is 0.0263. The number of nitrogens with zero attached hydrogens (tertiary/aromatic N) is 6. The second-order valence-corrected chi connectivity index (χ2v) is 11.0. The number of fused-ring (bicyclic) bond motifs is 2. The third kappa shape index (κ3) is 4.23. The van der Waals surface area contributed by atoms with E-state index >= 15 is 0 Å². The molecule has 5 heterocycles. The zero-order chi connectivity index (χ0) is 25.3. The summed E-state index contributed by atoms with van der Waals surface area (Å²) in [5.74, 6) is 0. The van der Waals surface area contributed by atoms with Gasteiger partial charge in [-0.25, -0.2) is 9.50 Å². The fourth-order valence-corrected chi connectivity index (χ4v) is 5.33. The van der Waals surface area contributed by atoms with Gasteiger partial charge in [0.05, 0.1) is 34.5 Å². The molecule has 1 aliphatic rings. The molecule has 0 aliphatic carbocycles. The van der Waals surface area contributed by atoms with Crippen LogP contribution >= 0.6 is 0 Å². The van der Waals surface area contributed by atoms with Gasteiger partial charge < -0.3 is 10.2 Å². The Kier molecular flexibility index (Phi) is 5.14. The maximum atomic E-state index is 13.3. The van der Waals surface area contributed by atoms with Gasteiger partial charge in [0.25, 0.3) is 5.56 Å². The molecule has 0 unspecified atom stereocenters. The summed E-state index contributed by atoms with van der Waals surface area (Å²) in [5, 5.41) is 8.34. The molecule has 0 aromatic carbocycles. The molecule has 35 heavy (non-hydrogen) atoms. The van der Waals surface area contributed by atoms with Gasteiger partial charge in [0.2, 0.25) is 0 Å². The van der Waals surface area contributed by atoms with Crippen LogP contribution in [0.4, 0.5) is 5.69 Å². The summed E-state index contributed by atoms with van der Waals surface area (Å²) in [5.41, 5.74) is 7.36. The van der Waals surface area contributed by atoms with E-state index in [1.54, 1.807) is 15.0 Å². The van der Waals surface area contributed by atoms with Gasteiger partial charge in [0, 0.05) is 42.5 Å². The van der Waals surface area contributed by atoms with Crippen LogP contribution in [0, 0.1) is 20.8 Å². The van der Waals surface area contributed by atoms with Crippen LogP contribution in [-0.4, -0.2) is 42.1 Å². The van der Waals surface area contributed by atoms with Crippen LogP contribution in [0.25, 0.3) is 22.6 Å². The Hall–Kier alpha value is -3.52. The van der Waals surface area contributed by atoms with Crippen molar-refractivity contribution >= 4 is 16.9 Å². The van der Waals surface area contributed by atoms with E-state index in [-0.39, 0.29) is 16.6 Å². The molecular formula is C27H33N7O. The Morgan fingerprint density at radius 1 is 1.00 bits per heavy atom. The highest BCUT2D eigenvalue weighted by atomic mass is 16.1. The highest BCUT2D eigenvalue weighted by Gasteiger charge is 2.33. The van der Waals surface area contributed by atoms with E-state index in [0.717, 1.165) is 34.6 Å². The summed E-state index contributed by atoms with van der Waals surface area (Å²) < 4.78 is 3.44. The number of hydrogen-bond acceptors (Lipinski definition) is 6. The molecule has 8 heteroatoms. The van der Waals surface area contributed by atoms with E-state index in [1.807, 2.05) is 39.2 Å². The molecule has 8 nitrogen and oxygen atoms in total. The number of nitrogens with one attached hydrogen (secondary N) is 1. The van der Waals surface area contributed by atoms with Crippen molar-refractivity contribution in [2.75, 3.05) is 11.9 Å². The van der Waals surface area contributed by atoms with E-state index in [1.165, 1.54) is 5.70 Å². The van der Waals surface area contributed by atoms with Crippen molar-refractivity contribution in [1.29, 1.82) is 0 Å². The summed E-state index contributed by atoms with van der Waals surface area (Å²) in [6.45, 7) is 14.7. The number of rotatable bonds is 3. The number of aryl methyl sites for hydroxylation is 3. The van der Waals surface area contributed by atoms with Crippen molar-refractivity contribution in [3.05, 3.63) is 69.7 Å². The van der Waals surface area contributed by atoms with Crippen LogP contribution in [0.2, 0.25) is 0 Å². The lowest BCUT2D eigenvalue weighted by Crippen LogP contribution is -2.55. The first-order valence-electron chi connectivity index (χ1n) is 11.9. The molecule has 0 bridgehead atoms. The minimum atomic E-state index is -0.133. The SMILES string of the molecule is Cc1cn2nc(-c3cc(=O)n4cc(N(C)C5=CC(C)(C)NC(C)(C)C5)cc(C)c4n3)cc2c(C)n1. The standard InChI is InChI=1S/C27H33N7O/c1-16-9-19(32(8)20-12-26(4,5)31-27(6,7)13-20)15-33-24(35)11-21(29-25(16)33)22-10-23-18(3)28-17(2)14-34(23)30-22/h9-12,14-15,31H,13H2,1-8H3.